The van der Waals surface area contributed by atoms with E-state index in [0.717, 1.165) is 24.3 Å². The van der Waals surface area contributed by atoms with Crippen LogP contribution in [0.1, 0.15) is 0 Å². The molecule has 0 saturated carbocycles. The molecule has 6 nitrogen and oxygen atoms in total. The second-order valence-electron chi connectivity index (χ2n) is 5.72. The van der Waals surface area contributed by atoms with Gasteiger partial charge in [-0.05, 0) is 36.4 Å². The van der Waals surface area contributed by atoms with Crippen LogP contribution in [0.25, 0.3) is 0 Å². The Morgan fingerprint density at radius 1 is 1.04 bits per heavy atom. The van der Waals surface area contributed by atoms with Crippen LogP contribution >= 0.6 is 11.6 Å². The lowest BCUT2D eigenvalue weighted by Gasteiger charge is -2.35. The van der Waals surface area contributed by atoms with Crippen molar-refractivity contribution in [3.05, 3.63) is 47.6 Å². The van der Waals surface area contributed by atoms with Crippen LogP contribution in [0.2, 0.25) is 5.02 Å². The van der Waals surface area contributed by atoms with E-state index in [2.05, 4.69) is 9.72 Å². The molecule has 0 unspecified atom stereocenters. The van der Waals surface area contributed by atoms with Crippen LogP contribution in [0.5, 0.6) is 5.75 Å². The fourth-order valence-corrected chi connectivity index (χ4v) is 4.38. The first-order chi connectivity index (χ1) is 12.7. The van der Waals surface area contributed by atoms with Gasteiger partial charge >= 0.3 is 6.36 Å². The van der Waals surface area contributed by atoms with Crippen molar-refractivity contribution in [3.8, 4) is 5.75 Å². The highest BCUT2D eigenvalue weighted by molar-refractivity contribution is 7.89. The number of ether oxygens (including phenoxy) is 1. The zero-order chi connectivity index (χ0) is 19.7. The first-order valence-electron chi connectivity index (χ1n) is 7.88. The third-order valence-electron chi connectivity index (χ3n) is 3.97. The maximum atomic E-state index is 12.7. The van der Waals surface area contributed by atoms with Crippen molar-refractivity contribution in [2.75, 3.05) is 31.1 Å². The average Bonchev–Trinajstić information content (AvgIpc) is 2.61. The van der Waals surface area contributed by atoms with Crippen LogP contribution in [-0.2, 0) is 10.0 Å². The Hall–Kier alpha value is -2.04. The maximum Gasteiger partial charge on any atom is 0.573 e. The molecule has 11 heteroatoms. The van der Waals surface area contributed by atoms with Crippen molar-refractivity contribution >= 4 is 27.4 Å². The standard InChI is InChI=1S/C16H15ClF3N3O3S/c17-14-2-1-7-21-15(14)22-8-10-23(11-9-22)27(24,25)13-5-3-12(4-6-13)26-16(18,19)20/h1-7H,8-11H2. The number of nitrogens with zero attached hydrogens (tertiary/aromatic N) is 3. The highest BCUT2D eigenvalue weighted by Crippen LogP contribution is 2.27. The van der Waals surface area contributed by atoms with Crippen molar-refractivity contribution in [2.45, 2.75) is 11.3 Å². The smallest absolute Gasteiger partial charge is 0.406 e. The van der Waals surface area contributed by atoms with Gasteiger partial charge in [-0.15, -0.1) is 13.2 Å². The fraction of sp³-hybridized carbons (Fsp3) is 0.312. The molecule has 146 valence electrons. The molecular weight excluding hydrogens is 407 g/mol. The summed E-state index contributed by atoms with van der Waals surface area (Å²) in [7, 11) is -3.82. The predicted octanol–water partition coefficient (Wildman–Crippen LogP) is 3.14. The second-order valence-corrected chi connectivity index (χ2v) is 8.06. The zero-order valence-electron chi connectivity index (χ0n) is 13.9. The van der Waals surface area contributed by atoms with Gasteiger partial charge in [0.15, 0.2) is 0 Å². The number of alkyl halides is 3. The maximum absolute atomic E-state index is 12.7. The third kappa shape index (κ3) is 4.63. The van der Waals surface area contributed by atoms with Crippen LogP contribution in [0.3, 0.4) is 0 Å². The SMILES string of the molecule is O=S(=O)(c1ccc(OC(F)(F)F)cc1)N1CCN(c2ncccc2Cl)CC1. The Morgan fingerprint density at radius 3 is 2.22 bits per heavy atom. The lowest BCUT2D eigenvalue weighted by atomic mass is 10.3. The van der Waals surface area contributed by atoms with Gasteiger partial charge in [0.1, 0.15) is 11.6 Å². The summed E-state index contributed by atoms with van der Waals surface area (Å²) >= 11 is 6.11. The summed E-state index contributed by atoms with van der Waals surface area (Å²) in [6.45, 7) is 1.20. The zero-order valence-corrected chi connectivity index (χ0v) is 15.4. The van der Waals surface area contributed by atoms with E-state index >= 15 is 0 Å². The minimum absolute atomic E-state index is 0.0960. The van der Waals surface area contributed by atoms with Crippen LogP contribution in [0.4, 0.5) is 19.0 Å². The molecule has 1 aliphatic rings. The molecule has 0 radical (unpaired) electrons. The van der Waals surface area contributed by atoms with Gasteiger partial charge in [-0.25, -0.2) is 13.4 Å². The molecule has 3 rings (SSSR count). The van der Waals surface area contributed by atoms with E-state index in [1.165, 1.54) is 4.31 Å². The number of benzene rings is 1. The first-order valence-corrected chi connectivity index (χ1v) is 9.70. The minimum Gasteiger partial charge on any atom is -0.406 e. The molecule has 0 atom stereocenters. The van der Waals surface area contributed by atoms with E-state index in [0.29, 0.717) is 23.9 Å². The number of halogens is 4. The number of sulfonamides is 1. The Kier molecular flexibility index (Phi) is 5.50. The Labute approximate surface area is 159 Å². The molecule has 1 aliphatic heterocycles. The molecule has 0 N–H and O–H groups in total. The number of aromatic nitrogens is 1. The summed E-state index contributed by atoms with van der Waals surface area (Å²) in [5.74, 6) is 0.112. The summed E-state index contributed by atoms with van der Waals surface area (Å²) in [6, 6.07) is 7.56. The molecule has 1 saturated heterocycles. The van der Waals surface area contributed by atoms with Crippen LogP contribution in [-0.4, -0.2) is 50.2 Å². The van der Waals surface area contributed by atoms with Crippen LogP contribution < -0.4 is 9.64 Å². The van der Waals surface area contributed by atoms with E-state index in [1.54, 1.807) is 18.3 Å². The number of piperazine rings is 1. The normalized spacial score (nSPS) is 16.4. The molecule has 1 fully saturated rings. The third-order valence-corrected chi connectivity index (χ3v) is 6.18. The number of hydrogen-bond donors (Lipinski definition) is 0. The Balaban J connectivity index is 1.69. The molecule has 1 aromatic carbocycles. The van der Waals surface area contributed by atoms with Crippen molar-refractivity contribution in [1.29, 1.82) is 0 Å². The van der Waals surface area contributed by atoms with Crippen molar-refractivity contribution in [1.82, 2.24) is 9.29 Å². The van der Waals surface area contributed by atoms with Crippen LogP contribution in [0, 0.1) is 0 Å². The molecule has 27 heavy (non-hydrogen) atoms. The molecule has 1 aromatic heterocycles. The first kappa shape index (κ1) is 19.7. The summed E-state index contributed by atoms with van der Waals surface area (Å²) in [5.41, 5.74) is 0. The fourth-order valence-electron chi connectivity index (χ4n) is 2.71. The van der Waals surface area contributed by atoms with E-state index in [1.807, 2.05) is 4.90 Å². The Bertz CT molecular complexity index is 899. The van der Waals surface area contributed by atoms with E-state index < -0.39 is 22.1 Å². The van der Waals surface area contributed by atoms with Gasteiger partial charge in [-0.2, -0.15) is 4.31 Å². The van der Waals surface area contributed by atoms with E-state index in [4.69, 9.17) is 11.6 Å². The van der Waals surface area contributed by atoms with Crippen LogP contribution in [0.15, 0.2) is 47.5 Å². The molecule has 2 heterocycles. The number of pyridine rings is 1. The summed E-state index contributed by atoms with van der Waals surface area (Å²) in [4.78, 5) is 5.99. The molecule has 0 bridgehead atoms. The summed E-state index contributed by atoms with van der Waals surface area (Å²) in [5, 5.41) is 0.481. The average molecular weight is 422 g/mol. The summed E-state index contributed by atoms with van der Waals surface area (Å²) in [6.07, 6.45) is -3.22. The van der Waals surface area contributed by atoms with Gasteiger partial charge in [-0.3, -0.25) is 0 Å². The number of anilines is 1. The molecule has 2 aromatic rings. The van der Waals surface area contributed by atoms with Gasteiger partial charge in [0.25, 0.3) is 0 Å². The predicted molar refractivity (Wildman–Crippen MR) is 93.3 cm³/mol. The highest BCUT2D eigenvalue weighted by atomic mass is 35.5. The lowest BCUT2D eigenvalue weighted by Crippen LogP contribution is -2.49. The van der Waals surface area contributed by atoms with Crippen molar-refractivity contribution in [2.24, 2.45) is 0 Å². The highest BCUT2D eigenvalue weighted by Gasteiger charge is 2.32. The number of hydrogen-bond acceptors (Lipinski definition) is 5. The van der Waals surface area contributed by atoms with Gasteiger partial charge in [-0.1, -0.05) is 11.6 Å². The lowest BCUT2D eigenvalue weighted by molar-refractivity contribution is -0.274. The molecule has 0 aliphatic carbocycles. The molecule has 0 amide bonds. The quantitative estimate of drug-likeness (QED) is 0.759. The van der Waals surface area contributed by atoms with E-state index in [9.17, 15) is 21.6 Å². The largest absolute Gasteiger partial charge is 0.573 e. The van der Waals surface area contributed by atoms with Gasteiger partial charge in [0.05, 0.1) is 9.92 Å². The number of rotatable bonds is 4. The van der Waals surface area contributed by atoms with Gasteiger partial charge in [0.2, 0.25) is 10.0 Å². The van der Waals surface area contributed by atoms with Gasteiger partial charge < -0.3 is 9.64 Å². The van der Waals surface area contributed by atoms with Gasteiger partial charge in [0, 0.05) is 32.4 Å². The second kappa shape index (κ2) is 7.53. The Morgan fingerprint density at radius 2 is 1.67 bits per heavy atom. The topological polar surface area (TPSA) is 62.7 Å². The van der Waals surface area contributed by atoms with Crippen molar-refractivity contribution in [3.63, 3.8) is 0 Å². The monoisotopic (exact) mass is 421 g/mol. The minimum atomic E-state index is -4.83. The summed E-state index contributed by atoms with van der Waals surface area (Å²) < 4.78 is 67.0. The van der Waals surface area contributed by atoms with Crippen molar-refractivity contribution < 1.29 is 26.3 Å². The molecule has 0 spiro atoms. The van der Waals surface area contributed by atoms with E-state index in [-0.39, 0.29) is 18.0 Å². The molecular formula is C16H15ClF3N3O3S.